The first-order valence-corrected chi connectivity index (χ1v) is 12.2. The van der Waals surface area contributed by atoms with Gasteiger partial charge in [0.2, 0.25) is 0 Å². The summed E-state index contributed by atoms with van der Waals surface area (Å²) in [5, 5.41) is 0. The van der Waals surface area contributed by atoms with E-state index in [-0.39, 0.29) is 0 Å². The number of unbranched alkanes of at least 4 members (excludes halogenated alkanes) is 8. The maximum absolute atomic E-state index is 2.42. The number of hydrogen-bond acceptors (Lipinski definition) is 2. The Kier molecular flexibility index (Phi) is 13.9. The first-order valence-electron chi connectivity index (χ1n) is 10.2. The SMILES string of the molecule is CCCCCCCSc1cc(CC)cc(SCCCCCCC)c1. The molecule has 0 aliphatic rings. The van der Waals surface area contributed by atoms with E-state index in [0.29, 0.717) is 0 Å². The summed E-state index contributed by atoms with van der Waals surface area (Å²) in [6, 6.07) is 7.23. The maximum atomic E-state index is 2.42. The van der Waals surface area contributed by atoms with Crippen molar-refractivity contribution in [3.8, 4) is 0 Å². The lowest BCUT2D eigenvalue weighted by atomic mass is 10.2. The third-order valence-corrected chi connectivity index (χ3v) is 6.50. The van der Waals surface area contributed by atoms with Crippen molar-refractivity contribution in [1.82, 2.24) is 0 Å². The predicted octanol–water partition coefficient (Wildman–Crippen LogP) is 8.37. The Balaban J connectivity index is 2.34. The van der Waals surface area contributed by atoms with Gasteiger partial charge in [0.25, 0.3) is 0 Å². The van der Waals surface area contributed by atoms with Crippen molar-refractivity contribution in [2.45, 2.75) is 101 Å². The standard InChI is InChI=1S/C22H38S2/c1-4-7-9-11-13-15-23-21-17-20(6-3)18-22(19-21)24-16-14-12-10-8-5-2/h17-19H,4-16H2,1-3H3. The van der Waals surface area contributed by atoms with Crippen LogP contribution in [0.4, 0.5) is 0 Å². The molecule has 1 aromatic carbocycles. The second-order valence-electron chi connectivity index (χ2n) is 6.69. The third-order valence-electron chi connectivity index (χ3n) is 4.38. The Hall–Kier alpha value is -0.0800. The summed E-state index contributed by atoms with van der Waals surface area (Å²) in [7, 11) is 0. The molecular weight excluding hydrogens is 328 g/mol. The predicted molar refractivity (Wildman–Crippen MR) is 115 cm³/mol. The summed E-state index contributed by atoms with van der Waals surface area (Å²) >= 11 is 4.12. The van der Waals surface area contributed by atoms with E-state index in [1.165, 1.54) is 91.1 Å². The highest BCUT2D eigenvalue weighted by Gasteiger charge is 2.02. The molecular formula is C22H38S2. The van der Waals surface area contributed by atoms with Gasteiger partial charge < -0.3 is 0 Å². The van der Waals surface area contributed by atoms with Crippen LogP contribution in [0.5, 0.6) is 0 Å². The number of thioether (sulfide) groups is 2. The van der Waals surface area contributed by atoms with Crippen LogP contribution in [0.2, 0.25) is 0 Å². The Morgan fingerprint density at radius 3 is 1.46 bits per heavy atom. The highest BCUT2D eigenvalue weighted by Crippen LogP contribution is 2.29. The van der Waals surface area contributed by atoms with Crippen molar-refractivity contribution in [1.29, 1.82) is 0 Å². The quantitative estimate of drug-likeness (QED) is 0.226. The molecule has 0 atom stereocenters. The molecule has 0 amide bonds. The minimum atomic E-state index is 1.15. The van der Waals surface area contributed by atoms with Crippen LogP contribution >= 0.6 is 23.5 Å². The van der Waals surface area contributed by atoms with Gasteiger partial charge in [-0.1, -0.05) is 72.1 Å². The van der Waals surface area contributed by atoms with Gasteiger partial charge in [0.15, 0.2) is 0 Å². The minimum absolute atomic E-state index is 1.15. The summed E-state index contributed by atoms with van der Waals surface area (Å²) in [4.78, 5) is 2.97. The highest BCUT2D eigenvalue weighted by atomic mass is 32.2. The molecule has 0 bridgehead atoms. The molecule has 0 aliphatic heterocycles. The summed E-state index contributed by atoms with van der Waals surface area (Å²) in [5.41, 5.74) is 1.50. The van der Waals surface area contributed by atoms with E-state index < -0.39 is 0 Å². The van der Waals surface area contributed by atoms with Crippen LogP contribution in [0.15, 0.2) is 28.0 Å². The van der Waals surface area contributed by atoms with E-state index in [0.717, 1.165) is 6.42 Å². The Morgan fingerprint density at radius 2 is 1.04 bits per heavy atom. The second kappa shape index (κ2) is 15.2. The van der Waals surface area contributed by atoms with E-state index >= 15 is 0 Å². The number of hydrogen-bond donors (Lipinski definition) is 0. The summed E-state index contributed by atoms with van der Waals surface area (Å²) in [6.45, 7) is 6.84. The van der Waals surface area contributed by atoms with Gasteiger partial charge in [0.05, 0.1) is 0 Å². The topological polar surface area (TPSA) is 0 Å². The number of rotatable bonds is 15. The van der Waals surface area contributed by atoms with Crippen LogP contribution in [0.1, 0.15) is 90.5 Å². The van der Waals surface area contributed by atoms with E-state index in [1.807, 2.05) is 0 Å². The van der Waals surface area contributed by atoms with Crippen molar-refractivity contribution < 1.29 is 0 Å². The van der Waals surface area contributed by atoms with Gasteiger partial charge in [0, 0.05) is 9.79 Å². The zero-order valence-corrected chi connectivity index (χ0v) is 17.9. The average molecular weight is 367 g/mol. The van der Waals surface area contributed by atoms with Crippen molar-refractivity contribution in [3.05, 3.63) is 23.8 Å². The van der Waals surface area contributed by atoms with E-state index in [1.54, 1.807) is 0 Å². The molecule has 1 aromatic rings. The molecule has 0 radical (unpaired) electrons. The molecule has 0 nitrogen and oxygen atoms in total. The van der Waals surface area contributed by atoms with Gasteiger partial charge in [-0.3, -0.25) is 0 Å². The zero-order valence-electron chi connectivity index (χ0n) is 16.2. The fourth-order valence-electron chi connectivity index (χ4n) is 2.79. The van der Waals surface area contributed by atoms with E-state index in [2.05, 4.69) is 62.5 Å². The Labute approximate surface area is 160 Å². The summed E-state index contributed by atoms with van der Waals surface area (Å²) in [6.07, 6.45) is 15.0. The van der Waals surface area contributed by atoms with Crippen LogP contribution in [-0.2, 0) is 6.42 Å². The lowest BCUT2D eigenvalue weighted by molar-refractivity contribution is 0.659. The highest BCUT2D eigenvalue weighted by molar-refractivity contribution is 8.00. The smallest absolute Gasteiger partial charge is 0.00858 e. The molecule has 0 saturated carbocycles. The third kappa shape index (κ3) is 10.7. The van der Waals surface area contributed by atoms with E-state index in [4.69, 9.17) is 0 Å². The molecule has 1 rings (SSSR count). The molecule has 24 heavy (non-hydrogen) atoms. The van der Waals surface area contributed by atoms with Gasteiger partial charge in [0.1, 0.15) is 0 Å². The minimum Gasteiger partial charge on any atom is -0.126 e. The first kappa shape index (κ1) is 22.0. The first-order chi connectivity index (χ1) is 11.8. The maximum Gasteiger partial charge on any atom is 0.00858 e. The Morgan fingerprint density at radius 1 is 0.583 bits per heavy atom. The monoisotopic (exact) mass is 366 g/mol. The zero-order chi connectivity index (χ0) is 17.5. The normalized spacial score (nSPS) is 11.1. The fraction of sp³-hybridized carbons (Fsp3) is 0.727. The molecule has 0 saturated heterocycles. The van der Waals surface area contributed by atoms with Gasteiger partial charge in [-0.15, -0.1) is 23.5 Å². The van der Waals surface area contributed by atoms with E-state index in [9.17, 15) is 0 Å². The Bertz CT molecular complexity index is 380. The molecule has 0 unspecified atom stereocenters. The number of benzene rings is 1. The van der Waals surface area contributed by atoms with Crippen LogP contribution < -0.4 is 0 Å². The lowest BCUT2D eigenvalue weighted by Gasteiger charge is -2.09. The van der Waals surface area contributed by atoms with Crippen molar-refractivity contribution in [2.75, 3.05) is 11.5 Å². The van der Waals surface area contributed by atoms with Crippen LogP contribution in [0.25, 0.3) is 0 Å². The largest absolute Gasteiger partial charge is 0.126 e. The molecule has 2 heteroatoms. The van der Waals surface area contributed by atoms with Crippen molar-refractivity contribution >= 4 is 23.5 Å². The molecule has 0 aromatic heterocycles. The van der Waals surface area contributed by atoms with Crippen LogP contribution in [0, 0.1) is 0 Å². The summed E-state index contributed by atoms with van der Waals surface area (Å²) in [5.74, 6) is 2.55. The molecule has 0 aliphatic carbocycles. The molecule has 0 N–H and O–H groups in total. The molecule has 0 fully saturated rings. The number of aryl methyl sites for hydroxylation is 1. The average Bonchev–Trinajstić information content (AvgIpc) is 2.61. The fourth-order valence-corrected chi connectivity index (χ4v) is 4.93. The van der Waals surface area contributed by atoms with Gasteiger partial charge in [-0.2, -0.15) is 0 Å². The van der Waals surface area contributed by atoms with Gasteiger partial charge in [-0.05, 0) is 54.5 Å². The molecule has 0 heterocycles. The van der Waals surface area contributed by atoms with Crippen LogP contribution in [-0.4, -0.2) is 11.5 Å². The lowest BCUT2D eigenvalue weighted by Crippen LogP contribution is -1.88. The van der Waals surface area contributed by atoms with Crippen molar-refractivity contribution in [2.24, 2.45) is 0 Å². The van der Waals surface area contributed by atoms with Gasteiger partial charge >= 0.3 is 0 Å². The van der Waals surface area contributed by atoms with Crippen molar-refractivity contribution in [3.63, 3.8) is 0 Å². The molecule has 138 valence electrons. The van der Waals surface area contributed by atoms with Crippen LogP contribution in [0.3, 0.4) is 0 Å². The van der Waals surface area contributed by atoms with Gasteiger partial charge in [-0.25, -0.2) is 0 Å². The summed E-state index contributed by atoms with van der Waals surface area (Å²) < 4.78 is 0. The molecule has 0 spiro atoms. The second-order valence-corrected chi connectivity index (χ2v) is 9.03.